The Balaban J connectivity index is 1.64. The molecule has 3 aromatic carbocycles. The Bertz CT molecular complexity index is 1420. The smallest absolute Gasteiger partial charge is 0.413 e. The number of nitrogens with one attached hydrogen (secondary N) is 1. The van der Waals surface area contributed by atoms with Crippen LogP contribution in [0.25, 0.3) is 11.0 Å². The molecular formula is C24H19ClN4O4. The molecule has 0 saturated heterocycles. The molecule has 9 heteroatoms. The number of hydrogen-bond acceptors (Lipinski definition) is 4. The van der Waals surface area contributed by atoms with Gasteiger partial charge in [-0.25, -0.2) is 9.78 Å². The second-order valence-electron chi connectivity index (χ2n) is 7.87. The fourth-order valence-electron chi connectivity index (χ4n) is 4.19. The first-order chi connectivity index (χ1) is 15.8. The lowest BCUT2D eigenvalue weighted by molar-refractivity contribution is -0.0542. The van der Waals surface area contributed by atoms with Crippen molar-refractivity contribution in [1.82, 2.24) is 14.9 Å². The number of rotatable bonds is 4. The van der Waals surface area contributed by atoms with E-state index in [1.54, 1.807) is 60.7 Å². The molecular weight excluding hydrogens is 444 g/mol. The van der Waals surface area contributed by atoms with Crippen molar-refractivity contribution in [3.63, 3.8) is 0 Å². The standard InChI is InChI=1S/C24H19ClN4O4/c1-28(23(31)32)22-26-19-10-9-15(12-20(19)27-22)24(33)18-8-3-2-7-17(18)21(30)29(24)13-14-5-4-6-16(25)11-14/h2-12,33H,13H2,1H3,(H,26,27)(H,31,32). The average Bonchev–Trinajstić information content (AvgIpc) is 3.32. The highest BCUT2D eigenvalue weighted by molar-refractivity contribution is 6.30. The zero-order valence-electron chi connectivity index (χ0n) is 17.5. The number of benzene rings is 3. The van der Waals surface area contributed by atoms with Crippen LogP contribution in [0.2, 0.25) is 5.02 Å². The number of hydrogen-bond donors (Lipinski definition) is 3. The Morgan fingerprint density at radius 3 is 2.70 bits per heavy atom. The van der Waals surface area contributed by atoms with E-state index in [1.807, 2.05) is 6.07 Å². The molecule has 0 saturated carbocycles. The Labute approximate surface area is 193 Å². The van der Waals surface area contributed by atoms with Crippen LogP contribution in [0.5, 0.6) is 0 Å². The zero-order chi connectivity index (χ0) is 23.3. The van der Waals surface area contributed by atoms with Crippen LogP contribution in [0.15, 0.2) is 66.7 Å². The van der Waals surface area contributed by atoms with Crippen LogP contribution in [0.4, 0.5) is 10.7 Å². The molecule has 8 nitrogen and oxygen atoms in total. The maximum absolute atomic E-state index is 13.3. The lowest BCUT2D eigenvalue weighted by Crippen LogP contribution is -2.44. The Hall–Kier alpha value is -3.88. The first kappa shape index (κ1) is 21.0. The van der Waals surface area contributed by atoms with E-state index in [9.17, 15) is 19.8 Å². The normalized spacial score (nSPS) is 17.4. The van der Waals surface area contributed by atoms with Gasteiger partial charge in [0.25, 0.3) is 5.91 Å². The Morgan fingerprint density at radius 1 is 1.15 bits per heavy atom. The summed E-state index contributed by atoms with van der Waals surface area (Å²) in [5, 5.41) is 21.8. The molecule has 2 heterocycles. The van der Waals surface area contributed by atoms with E-state index >= 15 is 0 Å². The third kappa shape index (κ3) is 3.31. The number of nitrogens with zero attached hydrogens (tertiary/aromatic N) is 3. The molecule has 3 N–H and O–H groups in total. The molecule has 166 valence electrons. The van der Waals surface area contributed by atoms with Crippen molar-refractivity contribution >= 4 is 40.6 Å². The summed E-state index contributed by atoms with van der Waals surface area (Å²) in [5.41, 5.74) is 1.43. The van der Waals surface area contributed by atoms with E-state index < -0.39 is 11.8 Å². The molecule has 1 atom stereocenters. The second-order valence-corrected chi connectivity index (χ2v) is 8.31. The first-order valence-electron chi connectivity index (χ1n) is 10.1. The van der Waals surface area contributed by atoms with Crippen LogP contribution in [-0.2, 0) is 12.3 Å². The minimum Gasteiger partial charge on any atom is -0.465 e. The van der Waals surface area contributed by atoms with Gasteiger partial charge in [-0.3, -0.25) is 14.6 Å². The highest BCUT2D eigenvalue weighted by Crippen LogP contribution is 2.43. The van der Waals surface area contributed by atoms with Gasteiger partial charge in [-0.2, -0.15) is 0 Å². The van der Waals surface area contributed by atoms with Crippen LogP contribution < -0.4 is 4.90 Å². The number of imidazole rings is 1. The van der Waals surface area contributed by atoms with Crippen LogP contribution in [0.3, 0.4) is 0 Å². The number of amides is 2. The lowest BCUT2D eigenvalue weighted by atomic mass is 9.93. The summed E-state index contributed by atoms with van der Waals surface area (Å²) in [4.78, 5) is 34.3. The van der Waals surface area contributed by atoms with Crippen molar-refractivity contribution in [3.8, 4) is 0 Å². The van der Waals surface area contributed by atoms with Gasteiger partial charge >= 0.3 is 6.09 Å². The monoisotopic (exact) mass is 462 g/mol. The molecule has 1 aliphatic heterocycles. The van der Waals surface area contributed by atoms with E-state index in [4.69, 9.17) is 11.6 Å². The number of carbonyl (C=O) groups excluding carboxylic acids is 1. The van der Waals surface area contributed by atoms with Crippen LogP contribution >= 0.6 is 11.6 Å². The molecule has 2 amide bonds. The summed E-state index contributed by atoms with van der Waals surface area (Å²) in [7, 11) is 1.38. The molecule has 0 fully saturated rings. The van der Waals surface area contributed by atoms with Crippen molar-refractivity contribution in [1.29, 1.82) is 0 Å². The number of anilines is 1. The molecule has 1 aromatic heterocycles. The highest BCUT2D eigenvalue weighted by Gasteiger charge is 2.49. The SMILES string of the molecule is CN(C(=O)O)c1nc2ccc(C3(O)c4ccccc4C(=O)N3Cc3cccc(Cl)c3)cc2[nH]1. The van der Waals surface area contributed by atoms with E-state index in [0.717, 1.165) is 10.5 Å². The van der Waals surface area contributed by atoms with E-state index in [1.165, 1.54) is 11.9 Å². The summed E-state index contributed by atoms with van der Waals surface area (Å²) in [6.45, 7) is 0.137. The molecule has 1 unspecified atom stereocenters. The van der Waals surface area contributed by atoms with Crippen molar-refractivity contribution in [2.24, 2.45) is 0 Å². The predicted octanol–water partition coefficient (Wildman–Crippen LogP) is 4.18. The van der Waals surface area contributed by atoms with Gasteiger partial charge in [-0.05, 0) is 35.9 Å². The number of carboxylic acid groups (broad SMARTS) is 1. The summed E-state index contributed by atoms with van der Waals surface area (Å²) < 4.78 is 0. The number of fused-ring (bicyclic) bond motifs is 2. The van der Waals surface area contributed by atoms with Gasteiger partial charge in [0.05, 0.1) is 11.0 Å². The number of H-pyrrole nitrogens is 1. The maximum atomic E-state index is 13.3. The van der Waals surface area contributed by atoms with Crippen LogP contribution in [0, 0.1) is 0 Å². The quantitative estimate of drug-likeness (QED) is 0.421. The van der Waals surface area contributed by atoms with Gasteiger partial charge in [-0.15, -0.1) is 0 Å². The molecule has 0 radical (unpaired) electrons. The Kier molecular flexibility index (Phi) is 4.84. The molecule has 33 heavy (non-hydrogen) atoms. The molecule has 4 aromatic rings. The highest BCUT2D eigenvalue weighted by atomic mass is 35.5. The number of aliphatic hydroxyl groups is 1. The van der Waals surface area contributed by atoms with Crippen molar-refractivity contribution < 1.29 is 19.8 Å². The number of aromatic nitrogens is 2. The largest absolute Gasteiger partial charge is 0.465 e. The van der Waals surface area contributed by atoms with Crippen LogP contribution in [-0.4, -0.2) is 44.1 Å². The Morgan fingerprint density at radius 2 is 1.94 bits per heavy atom. The number of halogens is 1. The molecule has 0 aliphatic carbocycles. The van der Waals surface area contributed by atoms with Gasteiger partial charge in [0.2, 0.25) is 5.95 Å². The number of carbonyl (C=O) groups is 2. The van der Waals surface area contributed by atoms with Crippen LogP contribution in [0.1, 0.15) is 27.0 Å². The van der Waals surface area contributed by atoms with Gasteiger partial charge in [0, 0.05) is 35.3 Å². The van der Waals surface area contributed by atoms with Gasteiger partial charge in [0.15, 0.2) is 5.72 Å². The average molecular weight is 463 g/mol. The topological polar surface area (TPSA) is 110 Å². The van der Waals surface area contributed by atoms with Crippen molar-refractivity contribution in [2.75, 3.05) is 11.9 Å². The third-order valence-electron chi connectivity index (χ3n) is 5.88. The minimum absolute atomic E-state index is 0.137. The molecule has 5 rings (SSSR count). The predicted molar refractivity (Wildman–Crippen MR) is 123 cm³/mol. The molecule has 0 bridgehead atoms. The summed E-state index contributed by atoms with van der Waals surface area (Å²) in [6, 6.07) is 19.1. The number of aromatic amines is 1. The summed E-state index contributed by atoms with van der Waals surface area (Å²) in [6.07, 6.45) is -1.16. The third-order valence-corrected chi connectivity index (χ3v) is 6.11. The second kappa shape index (κ2) is 7.61. The van der Waals surface area contributed by atoms with Gasteiger partial charge in [-0.1, -0.05) is 48.0 Å². The molecule has 1 aliphatic rings. The molecule has 0 spiro atoms. The summed E-state index contributed by atoms with van der Waals surface area (Å²) in [5.74, 6) is -0.149. The van der Waals surface area contributed by atoms with E-state index in [2.05, 4.69) is 9.97 Å². The maximum Gasteiger partial charge on any atom is 0.413 e. The fourth-order valence-corrected chi connectivity index (χ4v) is 4.40. The van der Waals surface area contributed by atoms with E-state index in [-0.39, 0.29) is 18.4 Å². The fraction of sp³-hybridized carbons (Fsp3) is 0.125. The summed E-state index contributed by atoms with van der Waals surface area (Å²) >= 11 is 6.14. The first-order valence-corrected chi connectivity index (χ1v) is 10.5. The van der Waals surface area contributed by atoms with Gasteiger partial charge < -0.3 is 15.2 Å². The zero-order valence-corrected chi connectivity index (χ0v) is 18.2. The van der Waals surface area contributed by atoms with Gasteiger partial charge in [0.1, 0.15) is 0 Å². The van der Waals surface area contributed by atoms with Crippen molar-refractivity contribution in [3.05, 3.63) is 94.0 Å². The minimum atomic E-state index is -1.74. The lowest BCUT2D eigenvalue weighted by Gasteiger charge is -2.35. The van der Waals surface area contributed by atoms with Crippen molar-refractivity contribution in [2.45, 2.75) is 12.3 Å². The van der Waals surface area contributed by atoms with E-state index in [0.29, 0.717) is 32.7 Å².